The predicted octanol–water partition coefficient (Wildman–Crippen LogP) is 2.84. The smallest absolute Gasteiger partial charge is 0.249 e. The van der Waals surface area contributed by atoms with E-state index in [2.05, 4.69) is 6.92 Å². The highest BCUT2D eigenvalue weighted by molar-refractivity contribution is 5.78. The minimum atomic E-state index is -0.133. The normalized spacial score (nSPS) is 24.4. The Morgan fingerprint density at radius 1 is 1.29 bits per heavy atom. The second-order valence-electron chi connectivity index (χ2n) is 7.09. The number of carbonyl (C=O) groups is 1. The Bertz CT molecular complexity index is 317. The zero-order chi connectivity index (χ0) is 16.0. The molecule has 3 atom stereocenters. The van der Waals surface area contributed by atoms with Gasteiger partial charge in [-0.05, 0) is 38.5 Å². The van der Waals surface area contributed by atoms with Crippen LogP contribution in [0.1, 0.15) is 60.3 Å². The number of aliphatic hydroxyl groups is 1. The van der Waals surface area contributed by atoms with Crippen molar-refractivity contribution in [3.05, 3.63) is 0 Å². The first-order valence-electron chi connectivity index (χ1n) is 8.40. The number of carbonyl (C=O) groups excluding carboxylic acids is 1. The van der Waals surface area contributed by atoms with Gasteiger partial charge in [0.25, 0.3) is 0 Å². The lowest BCUT2D eigenvalue weighted by molar-refractivity contribution is -0.145. The van der Waals surface area contributed by atoms with E-state index in [0.717, 1.165) is 12.8 Å². The minimum absolute atomic E-state index is 0.00203. The van der Waals surface area contributed by atoms with Gasteiger partial charge in [0, 0.05) is 6.04 Å². The van der Waals surface area contributed by atoms with Crippen molar-refractivity contribution in [2.24, 2.45) is 11.8 Å². The summed E-state index contributed by atoms with van der Waals surface area (Å²) >= 11 is 0. The number of ether oxygens (including phenoxy) is 1. The summed E-state index contributed by atoms with van der Waals surface area (Å²) in [5.74, 6) is 0.924. The molecule has 1 rings (SSSR count). The van der Waals surface area contributed by atoms with Crippen LogP contribution in [-0.2, 0) is 9.53 Å². The van der Waals surface area contributed by atoms with Crippen LogP contribution in [0.3, 0.4) is 0 Å². The molecule has 1 aliphatic rings. The summed E-state index contributed by atoms with van der Waals surface area (Å²) in [5, 5.41) is 9.58. The van der Waals surface area contributed by atoms with Crippen molar-refractivity contribution >= 4 is 5.91 Å². The van der Waals surface area contributed by atoms with Gasteiger partial charge in [-0.15, -0.1) is 0 Å². The Kier molecular flexibility index (Phi) is 7.67. The van der Waals surface area contributed by atoms with Crippen molar-refractivity contribution in [2.45, 2.75) is 78.5 Å². The van der Waals surface area contributed by atoms with Crippen LogP contribution in [0, 0.1) is 11.8 Å². The zero-order valence-corrected chi connectivity index (χ0v) is 14.3. The number of hydrogen-bond donors (Lipinski definition) is 1. The van der Waals surface area contributed by atoms with E-state index in [4.69, 9.17) is 4.74 Å². The fourth-order valence-corrected chi connectivity index (χ4v) is 3.27. The summed E-state index contributed by atoms with van der Waals surface area (Å²) in [6.07, 6.45) is 4.80. The van der Waals surface area contributed by atoms with Crippen LogP contribution >= 0.6 is 0 Å². The SMILES string of the molecule is CC1CCCC(OCC(=O)N(C(C)C)[C@@H](CO)C(C)C)C1. The molecule has 1 aliphatic carbocycles. The van der Waals surface area contributed by atoms with Crippen molar-refractivity contribution in [3.8, 4) is 0 Å². The lowest BCUT2D eigenvalue weighted by atomic mass is 9.89. The molecule has 0 aromatic carbocycles. The van der Waals surface area contributed by atoms with Gasteiger partial charge in [0.2, 0.25) is 5.91 Å². The summed E-state index contributed by atoms with van der Waals surface area (Å²) < 4.78 is 5.85. The highest BCUT2D eigenvalue weighted by atomic mass is 16.5. The second kappa shape index (κ2) is 8.74. The van der Waals surface area contributed by atoms with Crippen LogP contribution in [0.25, 0.3) is 0 Å². The quantitative estimate of drug-likeness (QED) is 0.786. The third-order valence-electron chi connectivity index (χ3n) is 4.49. The third kappa shape index (κ3) is 5.59. The molecule has 4 heteroatoms. The summed E-state index contributed by atoms with van der Waals surface area (Å²) in [4.78, 5) is 14.3. The van der Waals surface area contributed by atoms with Gasteiger partial charge in [-0.3, -0.25) is 4.79 Å². The Morgan fingerprint density at radius 2 is 1.95 bits per heavy atom. The maximum absolute atomic E-state index is 12.5. The topological polar surface area (TPSA) is 49.8 Å². The van der Waals surface area contributed by atoms with Crippen LogP contribution in [0.2, 0.25) is 0 Å². The van der Waals surface area contributed by atoms with E-state index < -0.39 is 0 Å². The van der Waals surface area contributed by atoms with E-state index >= 15 is 0 Å². The van der Waals surface area contributed by atoms with Crippen molar-refractivity contribution in [3.63, 3.8) is 0 Å². The molecule has 2 unspecified atom stereocenters. The molecule has 0 bridgehead atoms. The average Bonchev–Trinajstić information content (AvgIpc) is 2.41. The van der Waals surface area contributed by atoms with Gasteiger partial charge in [-0.25, -0.2) is 0 Å². The van der Waals surface area contributed by atoms with Crippen molar-refractivity contribution in [2.75, 3.05) is 13.2 Å². The highest BCUT2D eigenvalue weighted by Gasteiger charge is 2.29. The third-order valence-corrected chi connectivity index (χ3v) is 4.49. The molecule has 21 heavy (non-hydrogen) atoms. The zero-order valence-electron chi connectivity index (χ0n) is 14.3. The summed E-state index contributed by atoms with van der Waals surface area (Å²) in [6, 6.07) is -0.0580. The van der Waals surface area contributed by atoms with E-state index in [0.29, 0.717) is 5.92 Å². The molecule has 1 N–H and O–H groups in total. The highest BCUT2D eigenvalue weighted by Crippen LogP contribution is 2.26. The van der Waals surface area contributed by atoms with Crippen LogP contribution in [0.5, 0.6) is 0 Å². The van der Waals surface area contributed by atoms with E-state index in [1.807, 2.05) is 27.7 Å². The standard InChI is InChI=1S/C17H33NO3/c1-12(2)16(10-19)18(13(3)4)17(20)11-21-15-8-6-7-14(5)9-15/h12-16,19H,6-11H2,1-5H3/t14?,15?,16-/m0/s1. The lowest BCUT2D eigenvalue weighted by Gasteiger charge is -2.37. The number of nitrogens with zero attached hydrogens (tertiary/aromatic N) is 1. The van der Waals surface area contributed by atoms with E-state index in [-0.39, 0.29) is 43.2 Å². The monoisotopic (exact) mass is 299 g/mol. The Hall–Kier alpha value is -0.610. The first kappa shape index (κ1) is 18.4. The van der Waals surface area contributed by atoms with Gasteiger partial charge in [-0.1, -0.05) is 33.6 Å². The molecule has 0 radical (unpaired) electrons. The van der Waals surface area contributed by atoms with Crippen LogP contribution in [0.4, 0.5) is 0 Å². The molecule has 0 heterocycles. The van der Waals surface area contributed by atoms with Crippen molar-refractivity contribution in [1.29, 1.82) is 0 Å². The molecular weight excluding hydrogens is 266 g/mol. The van der Waals surface area contributed by atoms with Gasteiger partial charge >= 0.3 is 0 Å². The van der Waals surface area contributed by atoms with Gasteiger partial charge < -0.3 is 14.7 Å². The molecule has 0 aromatic heterocycles. The van der Waals surface area contributed by atoms with Crippen molar-refractivity contribution in [1.82, 2.24) is 4.90 Å². The largest absolute Gasteiger partial charge is 0.394 e. The van der Waals surface area contributed by atoms with Crippen LogP contribution in [-0.4, -0.2) is 47.3 Å². The van der Waals surface area contributed by atoms with Gasteiger partial charge in [-0.2, -0.15) is 0 Å². The van der Waals surface area contributed by atoms with Crippen LogP contribution < -0.4 is 0 Å². The molecule has 0 aliphatic heterocycles. The van der Waals surface area contributed by atoms with Gasteiger partial charge in [0.05, 0.1) is 18.8 Å². The first-order valence-corrected chi connectivity index (χ1v) is 8.40. The number of amides is 1. The van der Waals surface area contributed by atoms with E-state index in [1.54, 1.807) is 4.90 Å². The maximum atomic E-state index is 12.5. The molecule has 0 saturated heterocycles. The number of aliphatic hydroxyl groups excluding tert-OH is 1. The molecule has 1 amide bonds. The second-order valence-corrected chi connectivity index (χ2v) is 7.09. The van der Waals surface area contributed by atoms with Gasteiger partial charge in [0.1, 0.15) is 6.61 Å². The molecule has 1 saturated carbocycles. The van der Waals surface area contributed by atoms with E-state index in [9.17, 15) is 9.90 Å². The fourth-order valence-electron chi connectivity index (χ4n) is 3.27. The molecule has 4 nitrogen and oxygen atoms in total. The molecule has 1 fully saturated rings. The Balaban J connectivity index is 2.56. The molecule has 124 valence electrons. The predicted molar refractivity (Wildman–Crippen MR) is 85.1 cm³/mol. The lowest BCUT2D eigenvalue weighted by Crippen LogP contribution is -2.50. The minimum Gasteiger partial charge on any atom is -0.394 e. The van der Waals surface area contributed by atoms with Crippen molar-refractivity contribution < 1.29 is 14.6 Å². The van der Waals surface area contributed by atoms with Crippen LogP contribution in [0.15, 0.2) is 0 Å². The maximum Gasteiger partial charge on any atom is 0.249 e. The molecule has 0 spiro atoms. The summed E-state index contributed by atoms with van der Waals surface area (Å²) in [6.45, 7) is 10.4. The molecular formula is C17H33NO3. The first-order chi connectivity index (χ1) is 9.86. The van der Waals surface area contributed by atoms with E-state index in [1.165, 1.54) is 12.8 Å². The molecule has 0 aromatic rings. The number of rotatable bonds is 7. The van der Waals surface area contributed by atoms with Gasteiger partial charge in [0.15, 0.2) is 0 Å². The Morgan fingerprint density at radius 3 is 2.43 bits per heavy atom. The Labute approximate surface area is 129 Å². The number of hydrogen-bond acceptors (Lipinski definition) is 3. The summed E-state index contributed by atoms with van der Waals surface area (Å²) in [7, 11) is 0. The summed E-state index contributed by atoms with van der Waals surface area (Å²) in [5.41, 5.74) is 0. The fraction of sp³-hybridized carbons (Fsp3) is 0.941. The average molecular weight is 299 g/mol.